The molecule has 2 saturated heterocycles. The zero-order chi connectivity index (χ0) is 15.3. The monoisotopic (exact) mass is 308 g/mol. The van der Waals surface area contributed by atoms with Gasteiger partial charge >= 0.3 is 7.67 Å². The van der Waals surface area contributed by atoms with Crippen LogP contribution in [-0.4, -0.2) is 40.1 Å². The molecule has 0 amide bonds. The minimum absolute atomic E-state index is 0.000937. The highest BCUT2D eigenvalue weighted by Crippen LogP contribution is 2.70. The van der Waals surface area contributed by atoms with E-state index in [0.717, 1.165) is 19.5 Å². The molecule has 1 aromatic carbocycles. The highest BCUT2D eigenvalue weighted by molar-refractivity contribution is 7.54. The first-order chi connectivity index (χ1) is 9.76. The van der Waals surface area contributed by atoms with Gasteiger partial charge in [0.2, 0.25) is 0 Å². The second-order valence-corrected chi connectivity index (χ2v) is 9.50. The molecule has 2 aliphatic rings. The van der Waals surface area contributed by atoms with Gasteiger partial charge in [-0.2, -0.15) is 0 Å². The summed E-state index contributed by atoms with van der Waals surface area (Å²) in [6.07, 6.45) is 0.799. The van der Waals surface area contributed by atoms with Gasteiger partial charge in [0.05, 0.1) is 6.61 Å². The molecule has 3 rings (SSSR count). The predicted molar refractivity (Wildman–Crippen MR) is 85.3 cm³/mol. The molecule has 0 bridgehead atoms. The second-order valence-electron chi connectivity index (χ2n) is 7.30. The Balaban J connectivity index is 1.66. The minimum Gasteiger partial charge on any atom is -0.305 e. The summed E-state index contributed by atoms with van der Waals surface area (Å²) >= 11 is 0. The lowest BCUT2D eigenvalue weighted by Crippen LogP contribution is -2.18. The van der Waals surface area contributed by atoms with Crippen LogP contribution >= 0.6 is 7.67 Å². The normalized spacial score (nSPS) is 31.4. The molecule has 21 heavy (non-hydrogen) atoms. The van der Waals surface area contributed by atoms with Crippen molar-refractivity contribution in [1.82, 2.24) is 9.34 Å². The van der Waals surface area contributed by atoms with Crippen LogP contribution in [0, 0.1) is 0 Å². The molecule has 0 N–H and O–H groups in total. The Morgan fingerprint density at radius 3 is 1.95 bits per heavy atom. The van der Waals surface area contributed by atoms with Gasteiger partial charge < -0.3 is 4.52 Å². The van der Waals surface area contributed by atoms with Crippen molar-refractivity contribution in [3.05, 3.63) is 35.9 Å². The van der Waals surface area contributed by atoms with E-state index in [1.807, 2.05) is 27.5 Å². The van der Waals surface area contributed by atoms with Gasteiger partial charge in [0, 0.05) is 24.2 Å². The molecule has 0 radical (unpaired) electrons. The summed E-state index contributed by atoms with van der Waals surface area (Å²) < 4.78 is 23.4. The fraction of sp³-hybridized carbons (Fsp3) is 0.625. The van der Waals surface area contributed by atoms with Gasteiger partial charge in [-0.05, 0) is 39.7 Å². The Morgan fingerprint density at radius 2 is 1.52 bits per heavy atom. The smallest absolute Gasteiger partial charge is 0.305 e. The molecule has 116 valence electrons. The molecule has 0 aliphatic carbocycles. The molecule has 2 fully saturated rings. The first kappa shape index (κ1) is 15.2. The zero-order valence-corrected chi connectivity index (χ0v) is 14.3. The number of hydrogen-bond acceptors (Lipinski definition) is 2. The van der Waals surface area contributed by atoms with Crippen molar-refractivity contribution >= 4 is 7.67 Å². The molecular weight excluding hydrogens is 283 g/mol. The van der Waals surface area contributed by atoms with Crippen molar-refractivity contribution in [3.8, 4) is 0 Å². The van der Waals surface area contributed by atoms with E-state index in [1.165, 1.54) is 5.56 Å². The second kappa shape index (κ2) is 4.92. The molecule has 4 nitrogen and oxygen atoms in total. The molecule has 0 spiro atoms. The first-order valence-corrected chi connectivity index (χ1v) is 9.14. The lowest BCUT2D eigenvalue weighted by molar-refractivity contribution is 0.262. The third-order valence-corrected chi connectivity index (χ3v) is 7.47. The van der Waals surface area contributed by atoms with E-state index < -0.39 is 7.67 Å². The standard InChI is InChI=1S/C16H25N2O2P/c1-15(2)12-17(15)21(19,18-13-16(18,3)4)20-11-10-14-8-6-5-7-9-14/h5-9H,10-13H2,1-4H3. The molecule has 2 aliphatic heterocycles. The lowest BCUT2D eigenvalue weighted by Gasteiger charge is -2.24. The molecule has 2 heterocycles. The summed E-state index contributed by atoms with van der Waals surface area (Å²) in [6, 6.07) is 10.2. The van der Waals surface area contributed by atoms with E-state index >= 15 is 0 Å². The number of benzene rings is 1. The summed E-state index contributed by atoms with van der Waals surface area (Å²) in [5.41, 5.74) is 1.22. The number of nitrogens with zero attached hydrogens (tertiary/aromatic N) is 2. The van der Waals surface area contributed by atoms with Gasteiger partial charge in [-0.15, -0.1) is 0 Å². The maximum atomic E-state index is 13.4. The van der Waals surface area contributed by atoms with Crippen LogP contribution in [0.2, 0.25) is 0 Å². The third-order valence-electron chi connectivity index (χ3n) is 4.37. The average Bonchev–Trinajstić information content (AvgIpc) is 3.26. The quantitative estimate of drug-likeness (QED) is 0.594. The van der Waals surface area contributed by atoms with Crippen LogP contribution in [0.15, 0.2) is 30.3 Å². The largest absolute Gasteiger partial charge is 0.347 e. The van der Waals surface area contributed by atoms with E-state index in [0.29, 0.717) is 6.61 Å². The summed E-state index contributed by atoms with van der Waals surface area (Å²) in [5.74, 6) is 0. The van der Waals surface area contributed by atoms with Crippen molar-refractivity contribution in [2.75, 3.05) is 19.7 Å². The van der Waals surface area contributed by atoms with Gasteiger partial charge in [-0.1, -0.05) is 30.3 Å². The van der Waals surface area contributed by atoms with Crippen LogP contribution in [0.1, 0.15) is 33.3 Å². The Bertz CT molecular complexity index is 545. The first-order valence-electron chi connectivity index (χ1n) is 7.60. The molecule has 2 unspecified atom stereocenters. The SMILES string of the molecule is CC1(C)CN1P(=O)(OCCc1ccccc1)N1CC1(C)C. The van der Waals surface area contributed by atoms with Gasteiger partial charge in [0.15, 0.2) is 0 Å². The highest BCUT2D eigenvalue weighted by Gasteiger charge is 2.65. The molecule has 2 atom stereocenters. The zero-order valence-electron chi connectivity index (χ0n) is 13.4. The maximum Gasteiger partial charge on any atom is 0.347 e. The van der Waals surface area contributed by atoms with Crippen molar-refractivity contribution < 1.29 is 9.09 Å². The van der Waals surface area contributed by atoms with E-state index in [-0.39, 0.29) is 11.1 Å². The summed E-state index contributed by atoms with van der Waals surface area (Å²) in [5, 5.41) is 0. The Hall–Kier alpha value is -0.670. The van der Waals surface area contributed by atoms with E-state index in [4.69, 9.17) is 4.52 Å². The summed E-state index contributed by atoms with van der Waals surface area (Å²) in [7, 11) is -2.85. The topological polar surface area (TPSA) is 32.3 Å². The fourth-order valence-electron chi connectivity index (χ4n) is 2.72. The van der Waals surface area contributed by atoms with E-state index in [2.05, 4.69) is 39.8 Å². The van der Waals surface area contributed by atoms with Crippen molar-refractivity contribution in [2.24, 2.45) is 0 Å². The van der Waals surface area contributed by atoms with Crippen LogP contribution in [0.25, 0.3) is 0 Å². The molecule has 0 saturated carbocycles. The Labute approximate surface area is 127 Å². The van der Waals surface area contributed by atoms with Gasteiger partial charge in [0.1, 0.15) is 0 Å². The molecular formula is C16H25N2O2P. The van der Waals surface area contributed by atoms with Crippen LogP contribution in [0.5, 0.6) is 0 Å². The van der Waals surface area contributed by atoms with Crippen LogP contribution in [0.3, 0.4) is 0 Å². The number of hydrogen-bond donors (Lipinski definition) is 0. The van der Waals surface area contributed by atoms with E-state index in [1.54, 1.807) is 0 Å². The van der Waals surface area contributed by atoms with Crippen molar-refractivity contribution in [2.45, 2.75) is 45.2 Å². The third kappa shape index (κ3) is 2.95. The van der Waals surface area contributed by atoms with Crippen LogP contribution in [0.4, 0.5) is 0 Å². The highest BCUT2D eigenvalue weighted by atomic mass is 31.2. The van der Waals surface area contributed by atoms with Crippen LogP contribution in [-0.2, 0) is 15.5 Å². The summed E-state index contributed by atoms with van der Waals surface area (Å²) in [6.45, 7) is 10.7. The predicted octanol–water partition coefficient (Wildman–Crippen LogP) is 3.54. The molecule has 5 heteroatoms. The van der Waals surface area contributed by atoms with Crippen molar-refractivity contribution in [3.63, 3.8) is 0 Å². The van der Waals surface area contributed by atoms with E-state index in [9.17, 15) is 4.57 Å². The maximum absolute atomic E-state index is 13.4. The van der Waals surface area contributed by atoms with Gasteiger partial charge in [0.25, 0.3) is 0 Å². The van der Waals surface area contributed by atoms with Gasteiger partial charge in [-0.25, -0.2) is 9.34 Å². The fourth-order valence-corrected chi connectivity index (χ4v) is 6.01. The molecule has 0 aromatic heterocycles. The van der Waals surface area contributed by atoms with Crippen molar-refractivity contribution in [1.29, 1.82) is 0 Å². The Kier molecular flexibility index (Phi) is 3.57. The van der Waals surface area contributed by atoms with Gasteiger partial charge in [-0.3, -0.25) is 4.57 Å². The van der Waals surface area contributed by atoms with Crippen LogP contribution < -0.4 is 0 Å². The summed E-state index contributed by atoms with van der Waals surface area (Å²) in [4.78, 5) is 0. The molecule has 1 aromatic rings. The minimum atomic E-state index is -2.85. The Morgan fingerprint density at radius 1 is 1.05 bits per heavy atom. The average molecular weight is 308 g/mol. The lowest BCUT2D eigenvalue weighted by atomic mass is 10.2. The number of rotatable bonds is 6.